The SMILES string of the molecule is CC(=O)OCc1ccc(-c2nc3ccccc3nc2-c2ccc(COC(C)=O)o2)o1. The number of hydrogen-bond donors (Lipinski definition) is 0. The Labute approximate surface area is 171 Å². The van der Waals surface area contributed by atoms with Crippen LogP contribution in [0.15, 0.2) is 57.4 Å². The number of benzene rings is 1. The van der Waals surface area contributed by atoms with E-state index in [1.165, 1.54) is 13.8 Å². The molecule has 0 aliphatic heterocycles. The van der Waals surface area contributed by atoms with Crippen LogP contribution < -0.4 is 0 Å². The van der Waals surface area contributed by atoms with E-state index in [4.69, 9.17) is 28.3 Å². The molecule has 30 heavy (non-hydrogen) atoms. The normalized spacial score (nSPS) is 10.9. The molecule has 0 amide bonds. The molecule has 0 aliphatic rings. The molecule has 152 valence electrons. The first-order valence-electron chi connectivity index (χ1n) is 9.21. The van der Waals surface area contributed by atoms with E-state index in [2.05, 4.69) is 0 Å². The van der Waals surface area contributed by atoms with E-state index in [-0.39, 0.29) is 13.2 Å². The van der Waals surface area contributed by atoms with Crippen LogP contribution in [0.5, 0.6) is 0 Å². The van der Waals surface area contributed by atoms with Crippen molar-refractivity contribution < 1.29 is 27.9 Å². The minimum atomic E-state index is -0.393. The molecule has 0 saturated carbocycles. The first-order chi connectivity index (χ1) is 14.5. The number of carbonyl (C=O) groups is 2. The van der Waals surface area contributed by atoms with E-state index < -0.39 is 11.9 Å². The van der Waals surface area contributed by atoms with E-state index in [0.29, 0.717) is 45.5 Å². The standard InChI is InChI=1S/C22H18N2O6/c1-13(25)27-11-15-7-9-19(29-15)21-22(24-18-6-4-3-5-17(18)23-21)20-10-8-16(30-20)12-28-14(2)26/h3-10H,11-12H2,1-2H3. The monoisotopic (exact) mass is 406 g/mol. The van der Waals surface area contributed by atoms with Crippen LogP contribution in [-0.2, 0) is 32.3 Å². The maximum absolute atomic E-state index is 11.0. The van der Waals surface area contributed by atoms with Crippen molar-refractivity contribution in [1.29, 1.82) is 0 Å². The van der Waals surface area contributed by atoms with Crippen LogP contribution in [-0.4, -0.2) is 21.9 Å². The van der Waals surface area contributed by atoms with Crippen LogP contribution in [0.4, 0.5) is 0 Å². The molecule has 1 aromatic carbocycles. The van der Waals surface area contributed by atoms with Gasteiger partial charge in [-0.05, 0) is 36.4 Å². The Kier molecular flexibility index (Phi) is 5.30. The molecule has 0 unspecified atom stereocenters. The number of rotatable bonds is 6. The Balaban J connectivity index is 1.75. The molecule has 0 fully saturated rings. The van der Waals surface area contributed by atoms with Crippen LogP contribution in [0, 0.1) is 0 Å². The second kappa shape index (κ2) is 8.20. The maximum atomic E-state index is 11.0. The van der Waals surface area contributed by atoms with Crippen LogP contribution >= 0.6 is 0 Å². The lowest BCUT2D eigenvalue weighted by Gasteiger charge is -2.07. The van der Waals surface area contributed by atoms with Crippen molar-refractivity contribution in [3.63, 3.8) is 0 Å². The third-order valence-corrected chi connectivity index (χ3v) is 4.20. The smallest absolute Gasteiger partial charge is 0.303 e. The highest BCUT2D eigenvalue weighted by Gasteiger charge is 2.19. The van der Waals surface area contributed by atoms with Crippen LogP contribution in [0.25, 0.3) is 33.9 Å². The van der Waals surface area contributed by atoms with Gasteiger partial charge < -0.3 is 18.3 Å². The summed E-state index contributed by atoms with van der Waals surface area (Å²) in [7, 11) is 0. The first kappa shape index (κ1) is 19.4. The molecule has 0 atom stereocenters. The molecule has 0 bridgehead atoms. The van der Waals surface area contributed by atoms with Gasteiger partial charge in [-0.25, -0.2) is 9.97 Å². The van der Waals surface area contributed by atoms with Gasteiger partial charge in [0.2, 0.25) is 0 Å². The Morgan fingerprint density at radius 3 is 1.57 bits per heavy atom. The Morgan fingerprint density at radius 2 is 1.17 bits per heavy atom. The van der Waals surface area contributed by atoms with E-state index in [9.17, 15) is 9.59 Å². The zero-order valence-electron chi connectivity index (χ0n) is 16.4. The van der Waals surface area contributed by atoms with Crippen LogP contribution in [0.1, 0.15) is 25.4 Å². The summed E-state index contributed by atoms with van der Waals surface area (Å²) in [5, 5.41) is 0. The van der Waals surface area contributed by atoms with E-state index >= 15 is 0 Å². The van der Waals surface area contributed by atoms with Crippen LogP contribution in [0.2, 0.25) is 0 Å². The number of aromatic nitrogens is 2. The molecule has 8 nitrogen and oxygen atoms in total. The number of esters is 2. The molecule has 3 aromatic heterocycles. The lowest BCUT2D eigenvalue weighted by Crippen LogP contribution is -1.97. The molecule has 0 N–H and O–H groups in total. The Hall–Kier alpha value is -3.94. The fourth-order valence-electron chi connectivity index (χ4n) is 2.85. The van der Waals surface area contributed by atoms with Gasteiger partial charge in [0.1, 0.15) is 36.1 Å². The van der Waals surface area contributed by atoms with Gasteiger partial charge in [-0.15, -0.1) is 0 Å². The largest absolute Gasteiger partial charge is 0.458 e. The number of para-hydroxylation sites is 2. The predicted molar refractivity (Wildman–Crippen MR) is 106 cm³/mol. The quantitative estimate of drug-likeness (QED) is 0.437. The molecule has 4 rings (SSSR count). The summed E-state index contributed by atoms with van der Waals surface area (Å²) in [5.74, 6) is 1.10. The molecule has 8 heteroatoms. The second-order valence-corrected chi connectivity index (χ2v) is 6.50. The Morgan fingerprint density at radius 1 is 0.733 bits per heavy atom. The molecule has 0 radical (unpaired) electrons. The summed E-state index contributed by atoms with van der Waals surface area (Å²) in [4.78, 5) is 31.5. The summed E-state index contributed by atoms with van der Waals surface area (Å²) >= 11 is 0. The predicted octanol–water partition coefficient (Wildman–Crippen LogP) is 4.28. The number of furan rings is 2. The minimum absolute atomic E-state index is 0.0267. The van der Waals surface area contributed by atoms with Gasteiger partial charge in [-0.1, -0.05) is 12.1 Å². The van der Waals surface area contributed by atoms with Crippen molar-refractivity contribution in [2.45, 2.75) is 27.1 Å². The van der Waals surface area contributed by atoms with Gasteiger partial charge in [0, 0.05) is 13.8 Å². The molecule has 0 spiro atoms. The highest BCUT2D eigenvalue weighted by atomic mass is 16.5. The second-order valence-electron chi connectivity index (χ2n) is 6.50. The number of nitrogens with zero attached hydrogens (tertiary/aromatic N) is 2. The van der Waals surface area contributed by atoms with Gasteiger partial charge in [-0.3, -0.25) is 9.59 Å². The van der Waals surface area contributed by atoms with Gasteiger partial charge in [0.15, 0.2) is 11.5 Å². The van der Waals surface area contributed by atoms with Crippen molar-refractivity contribution in [3.05, 3.63) is 60.1 Å². The minimum Gasteiger partial charge on any atom is -0.458 e. The first-order valence-corrected chi connectivity index (χ1v) is 9.21. The zero-order chi connectivity index (χ0) is 21.1. The fraction of sp³-hybridized carbons (Fsp3) is 0.182. The van der Waals surface area contributed by atoms with E-state index in [1.54, 1.807) is 24.3 Å². The molecule has 0 aliphatic carbocycles. The summed E-state index contributed by atoms with van der Waals surface area (Å²) < 4.78 is 21.6. The summed E-state index contributed by atoms with van der Waals surface area (Å²) in [6.07, 6.45) is 0. The number of fused-ring (bicyclic) bond motifs is 1. The van der Waals surface area contributed by atoms with Crippen molar-refractivity contribution in [2.24, 2.45) is 0 Å². The molecule has 3 heterocycles. The maximum Gasteiger partial charge on any atom is 0.303 e. The average molecular weight is 406 g/mol. The number of ether oxygens (including phenoxy) is 2. The molecule has 0 saturated heterocycles. The summed E-state index contributed by atoms with van der Waals surface area (Å²) in [6, 6.07) is 14.4. The lowest BCUT2D eigenvalue weighted by atomic mass is 10.2. The molecular formula is C22H18N2O6. The third kappa shape index (κ3) is 4.22. The topological polar surface area (TPSA) is 105 Å². The van der Waals surface area contributed by atoms with E-state index in [1.807, 2.05) is 24.3 Å². The van der Waals surface area contributed by atoms with E-state index in [0.717, 1.165) is 0 Å². The lowest BCUT2D eigenvalue weighted by molar-refractivity contribution is -0.143. The van der Waals surface area contributed by atoms with Gasteiger partial charge in [0.25, 0.3) is 0 Å². The fourth-order valence-corrected chi connectivity index (χ4v) is 2.85. The van der Waals surface area contributed by atoms with Crippen molar-refractivity contribution in [2.75, 3.05) is 0 Å². The highest BCUT2D eigenvalue weighted by Crippen LogP contribution is 2.33. The molecule has 4 aromatic rings. The third-order valence-electron chi connectivity index (χ3n) is 4.20. The summed E-state index contributed by atoms with van der Waals surface area (Å²) in [5.41, 5.74) is 2.36. The average Bonchev–Trinajstić information content (AvgIpc) is 3.39. The number of carbonyl (C=O) groups excluding carboxylic acids is 2. The Bertz CT molecular complexity index is 1130. The van der Waals surface area contributed by atoms with Crippen molar-refractivity contribution >= 4 is 23.0 Å². The van der Waals surface area contributed by atoms with Gasteiger partial charge in [0.05, 0.1) is 11.0 Å². The van der Waals surface area contributed by atoms with Crippen molar-refractivity contribution in [3.8, 4) is 22.9 Å². The highest BCUT2D eigenvalue weighted by molar-refractivity contribution is 5.83. The number of hydrogen-bond acceptors (Lipinski definition) is 8. The summed E-state index contributed by atoms with van der Waals surface area (Å²) in [6.45, 7) is 2.72. The van der Waals surface area contributed by atoms with Gasteiger partial charge >= 0.3 is 11.9 Å². The molecular weight excluding hydrogens is 388 g/mol. The zero-order valence-corrected chi connectivity index (χ0v) is 16.4. The van der Waals surface area contributed by atoms with Gasteiger partial charge in [-0.2, -0.15) is 0 Å². The van der Waals surface area contributed by atoms with Crippen molar-refractivity contribution in [1.82, 2.24) is 9.97 Å². The van der Waals surface area contributed by atoms with Crippen LogP contribution in [0.3, 0.4) is 0 Å².